The Kier molecular flexibility index (Phi) is 5.91. The van der Waals surface area contributed by atoms with E-state index < -0.39 is 0 Å². The minimum Gasteiger partial charge on any atom is -0.463 e. The van der Waals surface area contributed by atoms with Gasteiger partial charge in [-0.05, 0) is 56.1 Å². The number of amides is 1. The average molecular weight is 429 g/mol. The molecule has 1 fully saturated rings. The molecule has 32 heavy (non-hydrogen) atoms. The van der Waals surface area contributed by atoms with E-state index in [4.69, 9.17) is 4.42 Å². The number of carbonyl (C=O) groups excluding carboxylic acids is 2. The van der Waals surface area contributed by atoms with Crippen LogP contribution in [-0.2, 0) is 19.5 Å². The van der Waals surface area contributed by atoms with Crippen molar-refractivity contribution in [3.63, 3.8) is 0 Å². The van der Waals surface area contributed by atoms with E-state index in [1.807, 2.05) is 23.1 Å². The predicted molar refractivity (Wildman–Crippen MR) is 123 cm³/mol. The molecule has 5 nitrogen and oxygen atoms in total. The largest absolute Gasteiger partial charge is 0.463 e. The van der Waals surface area contributed by atoms with Crippen molar-refractivity contribution in [2.45, 2.75) is 38.8 Å². The highest BCUT2D eigenvalue weighted by molar-refractivity contribution is 6.09. The van der Waals surface area contributed by atoms with Gasteiger partial charge in [0.15, 0.2) is 5.78 Å². The summed E-state index contributed by atoms with van der Waals surface area (Å²) in [6, 6.07) is 18.3. The van der Waals surface area contributed by atoms with Crippen molar-refractivity contribution in [2.75, 3.05) is 19.6 Å². The van der Waals surface area contributed by atoms with Gasteiger partial charge in [-0.1, -0.05) is 48.9 Å². The highest BCUT2D eigenvalue weighted by atomic mass is 16.3. The van der Waals surface area contributed by atoms with Gasteiger partial charge in [0.1, 0.15) is 11.5 Å². The zero-order chi connectivity index (χ0) is 21.9. The number of carbonyl (C=O) groups is 2. The first-order valence-electron chi connectivity index (χ1n) is 11.5. The van der Waals surface area contributed by atoms with Crippen molar-refractivity contribution in [1.29, 1.82) is 0 Å². The number of furan rings is 1. The number of benzene rings is 2. The molecule has 0 N–H and O–H groups in total. The van der Waals surface area contributed by atoms with E-state index in [0.29, 0.717) is 29.8 Å². The highest BCUT2D eigenvalue weighted by Gasteiger charge is 2.26. The molecule has 1 aromatic heterocycles. The molecule has 0 radical (unpaired) electrons. The molecule has 2 aromatic carbocycles. The molecule has 0 bridgehead atoms. The molecule has 2 aliphatic rings. The van der Waals surface area contributed by atoms with E-state index in [1.165, 1.54) is 24.8 Å². The summed E-state index contributed by atoms with van der Waals surface area (Å²) in [6.07, 6.45) is 4.66. The molecule has 0 spiro atoms. The van der Waals surface area contributed by atoms with Crippen LogP contribution in [0.15, 0.2) is 65.1 Å². The summed E-state index contributed by atoms with van der Waals surface area (Å²) >= 11 is 0. The molecule has 1 amide bonds. The fourth-order valence-corrected chi connectivity index (χ4v) is 4.67. The van der Waals surface area contributed by atoms with E-state index in [2.05, 4.69) is 11.0 Å². The molecule has 0 saturated carbocycles. The third-order valence-electron chi connectivity index (χ3n) is 6.48. The first-order valence-corrected chi connectivity index (χ1v) is 11.5. The zero-order valence-corrected chi connectivity index (χ0v) is 18.3. The van der Waals surface area contributed by atoms with Gasteiger partial charge in [0.05, 0.1) is 13.1 Å². The molecule has 3 aromatic rings. The first kappa shape index (κ1) is 20.7. The molecule has 0 aliphatic carbocycles. The Labute approximate surface area is 188 Å². The summed E-state index contributed by atoms with van der Waals surface area (Å²) in [6.45, 7) is 4.31. The van der Waals surface area contributed by atoms with Gasteiger partial charge in [-0.3, -0.25) is 14.5 Å². The number of hydrogen-bond acceptors (Lipinski definition) is 4. The van der Waals surface area contributed by atoms with Gasteiger partial charge in [-0.25, -0.2) is 0 Å². The SMILES string of the molecule is O=C(c1ccccc1)c1ccc(C(=O)N2CCc3cc(CN4CCCCC4)oc3C2)cc1. The third kappa shape index (κ3) is 4.39. The molecule has 3 heterocycles. The highest BCUT2D eigenvalue weighted by Crippen LogP contribution is 2.26. The van der Waals surface area contributed by atoms with Gasteiger partial charge in [0.25, 0.3) is 5.91 Å². The summed E-state index contributed by atoms with van der Waals surface area (Å²) in [7, 11) is 0. The molecule has 0 unspecified atom stereocenters. The second-order valence-corrected chi connectivity index (χ2v) is 8.75. The summed E-state index contributed by atoms with van der Waals surface area (Å²) in [5, 5.41) is 0. The number of fused-ring (bicyclic) bond motifs is 1. The average Bonchev–Trinajstić information content (AvgIpc) is 3.26. The monoisotopic (exact) mass is 428 g/mol. The maximum absolute atomic E-state index is 13.1. The van der Waals surface area contributed by atoms with E-state index in [0.717, 1.165) is 37.6 Å². The van der Waals surface area contributed by atoms with Crippen LogP contribution in [0.1, 0.15) is 62.6 Å². The summed E-state index contributed by atoms with van der Waals surface area (Å²) < 4.78 is 6.14. The smallest absolute Gasteiger partial charge is 0.254 e. The topological polar surface area (TPSA) is 53.8 Å². The van der Waals surface area contributed by atoms with E-state index in [-0.39, 0.29) is 11.7 Å². The molecule has 1 saturated heterocycles. The number of ketones is 1. The second-order valence-electron chi connectivity index (χ2n) is 8.75. The maximum atomic E-state index is 13.1. The number of rotatable bonds is 5. The van der Waals surface area contributed by atoms with Crippen molar-refractivity contribution >= 4 is 11.7 Å². The zero-order valence-electron chi connectivity index (χ0n) is 18.3. The van der Waals surface area contributed by atoms with Crippen molar-refractivity contribution in [2.24, 2.45) is 0 Å². The number of likely N-dealkylation sites (tertiary alicyclic amines) is 1. The maximum Gasteiger partial charge on any atom is 0.254 e. The summed E-state index contributed by atoms with van der Waals surface area (Å²) in [5.74, 6) is 1.86. The number of nitrogens with zero attached hydrogens (tertiary/aromatic N) is 2. The van der Waals surface area contributed by atoms with Crippen LogP contribution in [0.5, 0.6) is 0 Å². The van der Waals surface area contributed by atoms with Crippen molar-refractivity contribution in [3.05, 3.63) is 94.4 Å². The standard InChI is InChI=1S/C27H28N2O3/c30-26(20-7-3-1-4-8-20)21-9-11-22(12-10-21)27(31)29-16-13-23-17-24(32-25(23)19-29)18-28-14-5-2-6-15-28/h1,3-4,7-12,17H,2,5-6,13-16,18-19H2. The van der Waals surface area contributed by atoms with Gasteiger partial charge in [0, 0.05) is 23.2 Å². The van der Waals surface area contributed by atoms with Crippen LogP contribution in [0.4, 0.5) is 0 Å². The van der Waals surface area contributed by atoms with Crippen LogP contribution in [0.25, 0.3) is 0 Å². The van der Waals surface area contributed by atoms with Crippen molar-refractivity contribution in [3.8, 4) is 0 Å². The fourth-order valence-electron chi connectivity index (χ4n) is 4.67. The van der Waals surface area contributed by atoms with Crippen LogP contribution in [0.2, 0.25) is 0 Å². The van der Waals surface area contributed by atoms with Gasteiger partial charge in [-0.15, -0.1) is 0 Å². The fraction of sp³-hybridized carbons (Fsp3) is 0.333. The van der Waals surface area contributed by atoms with Crippen molar-refractivity contribution < 1.29 is 14.0 Å². The summed E-state index contributed by atoms with van der Waals surface area (Å²) in [5.41, 5.74) is 3.05. The summed E-state index contributed by atoms with van der Waals surface area (Å²) in [4.78, 5) is 30.0. The number of piperidine rings is 1. The Morgan fingerprint density at radius 2 is 1.50 bits per heavy atom. The number of hydrogen-bond donors (Lipinski definition) is 0. The Bertz CT molecular complexity index is 1100. The molecule has 0 atom stereocenters. The predicted octanol–water partition coefficient (Wildman–Crippen LogP) is 4.70. The Morgan fingerprint density at radius 3 is 2.25 bits per heavy atom. The lowest BCUT2D eigenvalue weighted by Crippen LogP contribution is -2.35. The van der Waals surface area contributed by atoms with Crippen molar-refractivity contribution in [1.82, 2.24) is 9.80 Å². The first-order chi connectivity index (χ1) is 15.7. The Hall–Kier alpha value is -3.18. The second kappa shape index (κ2) is 9.13. The van der Waals surface area contributed by atoms with Gasteiger partial charge in [-0.2, -0.15) is 0 Å². The Balaban J connectivity index is 1.24. The molecule has 2 aliphatic heterocycles. The van der Waals surface area contributed by atoms with Gasteiger partial charge in [0.2, 0.25) is 0 Å². The van der Waals surface area contributed by atoms with Gasteiger partial charge < -0.3 is 9.32 Å². The lowest BCUT2D eigenvalue weighted by molar-refractivity contribution is 0.0718. The molecule has 5 rings (SSSR count). The van der Waals surface area contributed by atoms with Gasteiger partial charge >= 0.3 is 0 Å². The van der Waals surface area contributed by atoms with E-state index in [9.17, 15) is 9.59 Å². The lowest BCUT2D eigenvalue weighted by atomic mass is 10.0. The Morgan fingerprint density at radius 1 is 0.812 bits per heavy atom. The van der Waals surface area contributed by atoms with Crippen LogP contribution in [0.3, 0.4) is 0 Å². The molecular formula is C27H28N2O3. The molecular weight excluding hydrogens is 400 g/mol. The third-order valence-corrected chi connectivity index (χ3v) is 6.48. The normalized spacial score (nSPS) is 16.6. The van der Waals surface area contributed by atoms with Crippen LogP contribution in [0, 0.1) is 0 Å². The van der Waals surface area contributed by atoms with Crippen LogP contribution >= 0.6 is 0 Å². The van der Waals surface area contributed by atoms with E-state index in [1.54, 1.807) is 36.4 Å². The lowest BCUT2D eigenvalue weighted by Gasteiger charge is -2.26. The minimum atomic E-state index is -0.0379. The quantitative estimate of drug-likeness (QED) is 0.553. The molecule has 164 valence electrons. The van der Waals surface area contributed by atoms with Crippen LogP contribution < -0.4 is 0 Å². The molecule has 5 heteroatoms. The van der Waals surface area contributed by atoms with E-state index >= 15 is 0 Å². The van der Waals surface area contributed by atoms with Crippen LogP contribution in [-0.4, -0.2) is 41.1 Å². The minimum absolute atomic E-state index is 0.0247.